The van der Waals surface area contributed by atoms with Gasteiger partial charge in [-0.25, -0.2) is 0 Å². The zero-order valence-corrected chi connectivity index (χ0v) is 18.6. The van der Waals surface area contributed by atoms with Crippen molar-refractivity contribution in [3.63, 3.8) is 0 Å². The second-order valence-corrected chi connectivity index (χ2v) is 8.72. The van der Waals surface area contributed by atoms with Crippen LogP contribution in [0.2, 0.25) is 0 Å². The van der Waals surface area contributed by atoms with Crippen molar-refractivity contribution in [3.8, 4) is 5.75 Å². The molecule has 1 aromatic carbocycles. The van der Waals surface area contributed by atoms with Gasteiger partial charge in [0.15, 0.2) is 0 Å². The van der Waals surface area contributed by atoms with E-state index >= 15 is 0 Å². The summed E-state index contributed by atoms with van der Waals surface area (Å²) in [6, 6.07) is 8.63. The van der Waals surface area contributed by atoms with Gasteiger partial charge in [-0.15, -0.1) is 0 Å². The molecule has 0 bridgehead atoms. The van der Waals surface area contributed by atoms with Gasteiger partial charge in [0, 0.05) is 13.1 Å². The molecule has 0 N–H and O–H groups in total. The fraction of sp³-hybridized carbons (Fsp3) is 0.769. The van der Waals surface area contributed by atoms with E-state index in [1.807, 2.05) is 0 Å². The van der Waals surface area contributed by atoms with E-state index in [4.69, 9.17) is 9.47 Å². The van der Waals surface area contributed by atoms with Crippen LogP contribution < -0.4 is 4.74 Å². The van der Waals surface area contributed by atoms with Crippen LogP contribution in [0.3, 0.4) is 0 Å². The molecule has 0 aliphatic carbocycles. The first-order valence-corrected chi connectivity index (χ1v) is 12.1. The fourth-order valence-corrected chi connectivity index (χ4v) is 4.56. The van der Waals surface area contributed by atoms with Gasteiger partial charge in [0.2, 0.25) is 0 Å². The van der Waals surface area contributed by atoms with E-state index in [0.29, 0.717) is 0 Å². The lowest BCUT2D eigenvalue weighted by Crippen LogP contribution is -2.33. The van der Waals surface area contributed by atoms with Crippen molar-refractivity contribution in [1.29, 1.82) is 0 Å². The number of nitrogens with zero attached hydrogens (tertiary/aromatic N) is 2. The van der Waals surface area contributed by atoms with Gasteiger partial charge in [0.05, 0.1) is 19.3 Å². The third-order valence-corrected chi connectivity index (χ3v) is 6.31. The Labute approximate surface area is 185 Å². The molecule has 2 fully saturated rings. The highest BCUT2D eigenvalue weighted by Gasteiger charge is 2.14. The van der Waals surface area contributed by atoms with E-state index in [1.54, 1.807) is 0 Å². The molecular formula is C26H46N2O2. The van der Waals surface area contributed by atoms with Crippen LogP contribution in [0.5, 0.6) is 5.75 Å². The molecular weight excluding hydrogens is 372 g/mol. The highest BCUT2D eigenvalue weighted by Crippen LogP contribution is 2.25. The molecule has 1 atom stereocenters. The van der Waals surface area contributed by atoms with Crippen LogP contribution in [0.25, 0.3) is 0 Å². The second-order valence-electron chi connectivity index (χ2n) is 8.72. The highest BCUT2D eigenvalue weighted by atomic mass is 16.5. The fourth-order valence-electron chi connectivity index (χ4n) is 4.56. The number of benzene rings is 1. The van der Waals surface area contributed by atoms with Gasteiger partial charge in [-0.1, -0.05) is 45.7 Å². The zero-order chi connectivity index (χ0) is 20.2. The van der Waals surface area contributed by atoms with Crippen molar-refractivity contribution < 1.29 is 9.47 Å². The lowest BCUT2D eigenvalue weighted by Gasteiger charge is -2.27. The molecule has 1 aromatic rings. The second kappa shape index (κ2) is 14.8. The van der Waals surface area contributed by atoms with Crippen LogP contribution in [0.4, 0.5) is 0 Å². The van der Waals surface area contributed by atoms with Gasteiger partial charge in [0.25, 0.3) is 0 Å². The van der Waals surface area contributed by atoms with Gasteiger partial charge in [-0.2, -0.15) is 0 Å². The van der Waals surface area contributed by atoms with Crippen molar-refractivity contribution in [2.45, 2.75) is 78.2 Å². The van der Waals surface area contributed by atoms with Crippen LogP contribution in [0, 0.1) is 0 Å². The van der Waals surface area contributed by atoms with E-state index in [-0.39, 0.29) is 13.5 Å². The first-order valence-electron chi connectivity index (χ1n) is 12.1. The predicted molar refractivity (Wildman–Crippen MR) is 127 cm³/mol. The van der Waals surface area contributed by atoms with Crippen molar-refractivity contribution in [2.75, 3.05) is 52.5 Å². The molecule has 30 heavy (non-hydrogen) atoms. The summed E-state index contributed by atoms with van der Waals surface area (Å²) in [6.07, 6.45) is 11.7. The maximum atomic E-state index is 6.29. The van der Waals surface area contributed by atoms with Crippen LogP contribution in [-0.4, -0.2) is 62.3 Å². The van der Waals surface area contributed by atoms with Crippen molar-refractivity contribution in [2.24, 2.45) is 0 Å². The summed E-state index contributed by atoms with van der Waals surface area (Å²) in [5.41, 5.74) is 1.28. The summed E-state index contributed by atoms with van der Waals surface area (Å²) in [4.78, 5) is 5.12. The van der Waals surface area contributed by atoms with Gasteiger partial charge in [-0.3, -0.25) is 0 Å². The van der Waals surface area contributed by atoms with Crippen molar-refractivity contribution in [3.05, 3.63) is 29.8 Å². The SMILES string of the molecule is C.CCCC(OCCN1CCCCC1)c1ccc(OCCCN2CCCCC2)cc1. The summed E-state index contributed by atoms with van der Waals surface area (Å²) < 4.78 is 12.3. The molecule has 4 nitrogen and oxygen atoms in total. The third-order valence-electron chi connectivity index (χ3n) is 6.31. The maximum absolute atomic E-state index is 6.29. The molecule has 0 saturated carbocycles. The quantitative estimate of drug-likeness (QED) is 0.393. The molecule has 3 rings (SSSR count). The van der Waals surface area contributed by atoms with Crippen molar-refractivity contribution >= 4 is 0 Å². The number of ether oxygens (including phenoxy) is 2. The molecule has 0 radical (unpaired) electrons. The van der Waals surface area contributed by atoms with Gasteiger partial charge < -0.3 is 19.3 Å². The molecule has 172 valence electrons. The van der Waals surface area contributed by atoms with E-state index in [9.17, 15) is 0 Å². The summed E-state index contributed by atoms with van der Waals surface area (Å²) in [5, 5.41) is 0. The van der Waals surface area contributed by atoms with Crippen molar-refractivity contribution in [1.82, 2.24) is 9.80 Å². The van der Waals surface area contributed by atoms with Crippen LogP contribution >= 0.6 is 0 Å². The van der Waals surface area contributed by atoms with Gasteiger partial charge in [0.1, 0.15) is 5.75 Å². The number of hydrogen-bond acceptors (Lipinski definition) is 4. The van der Waals surface area contributed by atoms with E-state index in [2.05, 4.69) is 41.0 Å². The molecule has 2 saturated heterocycles. The lowest BCUT2D eigenvalue weighted by atomic mass is 10.0. The molecule has 0 aromatic heterocycles. The molecule has 0 spiro atoms. The Hall–Kier alpha value is -1.10. The first-order chi connectivity index (χ1) is 14.3. The molecule has 2 aliphatic heterocycles. The Kier molecular flexibility index (Phi) is 12.4. The minimum absolute atomic E-state index is 0. The average Bonchev–Trinajstić information content (AvgIpc) is 2.78. The summed E-state index contributed by atoms with van der Waals surface area (Å²) >= 11 is 0. The molecule has 4 heteroatoms. The Morgan fingerprint density at radius 2 is 1.40 bits per heavy atom. The monoisotopic (exact) mass is 418 g/mol. The first kappa shape index (κ1) is 25.2. The summed E-state index contributed by atoms with van der Waals surface area (Å²) in [5.74, 6) is 0.982. The zero-order valence-electron chi connectivity index (χ0n) is 18.6. The highest BCUT2D eigenvalue weighted by molar-refractivity contribution is 5.28. The average molecular weight is 419 g/mol. The van der Waals surface area contributed by atoms with E-state index < -0.39 is 0 Å². The Morgan fingerprint density at radius 1 is 0.800 bits per heavy atom. The number of likely N-dealkylation sites (tertiary alicyclic amines) is 2. The molecule has 1 unspecified atom stereocenters. The topological polar surface area (TPSA) is 24.9 Å². The summed E-state index contributed by atoms with van der Waals surface area (Å²) in [6.45, 7) is 11.1. The number of hydrogen-bond donors (Lipinski definition) is 0. The minimum atomic E-state index is 0. The Balaban J connectivity index is 0.00000320. The van der Waals surface area contributed by atoms with E-state index in [0.717, 1.165) is 44.8 Å². The van der Waals surface area contributed by atoms with Gasteiger partial charge >= 0.3 is 0 Å². The largest absolute Gasteiger partial charge is 0.494 e. The van der Waals surface area contributed by atoms with E-state index in [1.165, 1.54) is 76.8 Å². The number of rotatable bonds is 12. The Morgan fingerprint density at radius 3 is 2.00 bits per heavy atom. The van der Waals surface area contributed by atoms with Gasteiger partial charge in [-0.05, 0) is 82.4 Å². The van der Waals surface area contributed by atoms with Crippen LogP contribution in [-0.2, 0) is 4.74 Å². The molecule has 0 amide bonds. The lowest BCUT2D eigenvalue weighted by molar-refractivity contribution is 0.0282. The van der Waals surface area contributed by atoms with Crippen LogP contribution in [0.15, 0.2) is 24.3 Å². The molecule has 2 aliphatic rings. The number of piperidine rings is 2. The Bertz CT molecular complexity index is 536. The predicted octanol–water partition coefficient (Wildman–Crippen LogP) is 5.92. The normalized spacial score (nSPS) is 19.2. The third kappa shape index (κ3) is 8.95. The smallest absolute Gasteiger partial charge is 0.119 e. The minimum Gasteiger partial charge on any atom is -0.494 e. The maximum Gasteiger partial charge on any atom is 0.119 e. The van der Waals surface area contributed by atoms with Crippen LogP contribution in [0.1, 0.15) is 83.8 Å². The summed E-state index contributed by atoms with van der Waals surface area (Å²) in [7, 11) is 0. The standard InChI is InChI=1S/C25H42N2O2.CH4/c1-2-10-25(29-22-20-27-17-7-4-8-18-27)23-11-13-24(14-12-23)28-21-9-19-26-15-5-3-6-16-26;/h11-14,25H,2-10,15-22H2,1H3;1H4. The molecule has 2 heterocycles.